The molecule has 0 unspecified atom stereocenters. The maximum Gasteiger partial charge on any atom is 0.248 e. The summed E-state index contributed by atoms with van der Waals surface area (Å²) >= 11 is 0. The van der Waals surface area contributed by atoms with E-state index in [1.165, 1.54) is 0 Å². The first-order valence-electron chi connectivity index (χ1n) is 3.31. The van der Waals surface area contributed by atoms with Crippen LogP contribution >= 0.6 is 0 Å². The molecule has 1 nitrogen and oxygen atoms in total. The molecule has 1 aliphatic carbocycles. The minimum absolute atomic E-state index is 0.118. The second kappa shape index (κ2) is 3.64. The van der Waals surface area contributed by atoms with Crippen LogP contribution in [0.2, 0.25) is 0 Å². The van der Waals surface area contributed by atoms with E-state index in [2.05, 4.69) is 0 Å². The fourth-order valence-electron chi connectivity index (χ4n) is 0.0945. The summed E-state index contributed by atoms with van der Waals surface area (Å²) < 4.78 is 22.3. The van der Waals surface area contributed by atoms with Crippen molar-refractivity contribution in [1.82, 2.24) is 0 Å². The van der Waals surface area contributed by atoms with Gasteiger partial charge in [0.05, 0.1) is 0 Å². The molecule has 1 saturated carbocycles. The summed E-state index contributed by atoms with van der Waals surface area (Å²) in [5, 5.41) is 0. The number of rotatable bonds is 1. The molecule has 3 heteroatoms. The highest BCUT2D eigenvalue weighted by atomic mass is 19.3. The topological polar surface area (TPSA) is 17.1 Å². The molecule has 1 fully saturated rings. The van der Waals surface area contributed by atoms with Gasteiger partial charge in [-0.25, -0.2) is 8.78 Å². The summed E-state index contributed by atoms with van der Waals surface area (Å²) in [6.45, 7) is 3.71. The number of halogens is 2. The molecule has 0 aromatic heterocycles. The lowest BCUT2D eigenvalue weighted by atomic mass is 10.3. The fourth-order valence-corrected chi connectivity index (χ4v) is 0.0945. The van der Waals surface area contributed by atoms with Gasteiger partial charge in [-0.3, -0.25) is 0 Å². The van der Waals surface area contributed by atoms with Crippen LogP contribution in [0.3, 0.4) is 0 Å². The third-order valence-electron chi connectivity index (χ3n) is 0.900. The second-order valence-electron chi connectivity index (χ2n) is 2.74. The van der Waals surface area contributed by atoms with Crippen molar-refractivity contribution in [3.8, 4) is 0 Å². The molecular weight excluding hydrogens is 138 g/mol. The van der Waals surface area contributed by atoms with Crippen LogP contribution in [-0.4, -0.2) is 12.2 Å². The monoisotopic (exact) mass is 150 g/mol. The Morgan fingerprint density at radius 1 is 1.40 bits per heavy atom. The van der Waals surface area contributed by atoms with Gasteiger partial charge in [0.25, 0.3) is 0 Å². The molecule has 0 N–H and O–H groups in total. The third kappa shape index (κ3) is 7.53. The molecule has 10 heavy (non-hydrogen) atoms. The van der Waals surface area contributed by atoms with E-state index in [9.17, 15) is 13.6 Å². The number of alkyl halides is 2. The summed E-state index contributed by atoms with van der Waals surface area (Å²) in [5.74, 6) is -2.05. The molecule has 0 amide bonds. The van der Waals surface area contributed by atoms with Crippen molar-refractivity contribution in [1.29, 1.82) is 0 Å². The minimum Gasteiger partial charge on any atom is -0.303 e. The SMILES string of the molecule is CC(C)C=O.FC1(F)CC1. The lowest BCUT2D eigenvalue weighted by Crippen LogP contribution is -1.82. The number of aldehydes is 1. The number of carbonyl (C=O) groups excluding carboxylic acids is 1. The predicted octanol–water partition coefficient (Wildman–Crippen LogP) is 2.26. The molecule has 0 bridgehead atoms. The fraction of sp³-hybridized carbons (Fsp3) is 0.857. The van der Waals surface area contributed by atoms with Gasteiger partial charge in [0.2, 0.25) is 5.92 Å². The number of hydrogen-bond donors (Lipinski definition) is 0. The van der Waals surface area contributed by atoms with E-state index < -0.39 is 5.92 Å². The van der Waals surface area contributed by atoms with Gasteiger partial charge in [0.15, 0.2) is 0 Å². The zero-order valence-corrected chi connectivity index (χ0v) is 6.23. The minimum atomic E-state index is -2.25. The molecule has 0 aromatic rings. The molecular formula is C7H12F2O. The molecule has 1 rings (SSSR count). The molecule has 60 valence electrons. The first-order valence-corrected chi connectivity index (χ1v) is 3.31. The Bertz CT molecular complexity index is 104. The van der Waals surface area contributed by atoms with Crippen molar-refractivity contribution in [2.45, 2.75) is 32.6 Å². The molecule has 0 atom stereocenters. The van der Waals surface area contributed by atoms with E-state index in [1.54, 1.807) is 0 Å². The van der Waals surface area contributed by atoms with E-state index in [4.69, 9.17) is 0 Å². The largest absolute Gasteiger partial charge is 0.303 e. The van der Waals surface area contributed by atoms with Crippen molar-refractivity contribution in [3.05, 3.63) is 0 Å². The second-order valence-corrected chi connectivity index (χ2v) is 2.74. The number of hydrogen-bond acceptors (Lipinski definition) is 1. The smallest absolute Gasteiger partial charge is 0.248 e. The van der Waals surface area contributed by atoms with Gasteiger partial charge in [-0.1, -0.05) is 13.8 Å². The van der Waals surface area contributed by atoms with Crippen LogP contribution in [0, 0.1) is 5.92 Å². The van der Waals surface area contributed by atoms with Crippen molar-refractivity contribution in [2.24, 2.45) is 5.92 Å². The number of carbonyl (C=O) groups is 1. The summed E-state index contributed by atoms with van der Waals surface area (Å²) in [6, 6.07) is 0. The van der Waals surface area contributed by atoms with Crippen LogP contribution in [-0.2, 0) is 4.79 Å². The lowest BCUT2D eigenvalue weighted by molar-refractivity contribution is -0.110. The van der Waals surface area contributed by atoms with Crippen LogP contribution in [0.1, 0.15) is 26.7 Å². The van der Waals surface area contributed by atoms with E-state index in [1.807, 2.05) is 13.8 Å². The summed E-state index contributed by atoms with van der Waals surface area (Å²) in [7, 11) is 0. The Hall–Kier alpha value is -0.470. The van der Waals surface area contributed by atoms with Crippen molar-refractivity contribution in [2.75, 3.05) is 0 Å². The van der Waals surface area contributed by atoms with Gasteiger partial charge in [0.1, 0.15) is 6.29 Å². The van der Waals surface area contributed by atoms with Gasteiger partial charge < -0.3 is 4.79 Å². The van der Waals surface area contributed by atoms with Crippen molar-refractivity contribution >= 4 is 6.29 Å². The van der Waals surface area contributed by atoms with Crippen LogP contribution in [0.15, 0.2) is 0 Å². The maximum absolute atomic E-state index is 11.1. The van der Waals surface area contributed by atoms with Crippen LogP contribution < -0.4 is 0 Å². The highest BCUT2D eigenvalue weighted by molar-refractivity contribution is 5.51. The van der Waals surface area contributed by atoms with E-state index in [0.29, 0.717) is 0 Å². The lowest BCUT2D eigenvalue weighted by Gasteiger charge is -1.78. The zero-order chi connectivity index (χ0) is 8.20. The molecule has 0 aliphatic heterocycles. The molecule has 0 spiro atoms. The third-order valence-corrected chi connectivity index (χ3v) is 0.900. The zero-order valence-electron chi connectivity index (χ0n) is 6.23. The van der Waals surface area contributed by atoms with Crippen molar-refractivity contribution in [3.63, 3.8) is 0 Å². The van der Waals surface area contributed by atoms with Crippen LogP contribution in [0.4, 0.5) is 8.78 Å². The average Bonchev–Trinajstić information content (AvgIpc) is 2.48. The van der Waals surface area contributed by atoms with Crippen LogP contribution in [0.5, 0.6) is 0 Å². The molecule has 0 radical (unpaired) electrons. The molecule has 0 heterocycles. The van der Waals surface area contributed by atoms with Gasteiger partial charge in [-0.15, -0.1) is 0 Å². The first kappa shape index (κ1) is 9.53. The maximum atomic E-state index is 11.1. The van der Waals surface area contributed by atoms with E-state index >= 15 is 0 Å². The van der Waals surface area contributed by atoms with E-state index in [0.717, 1.165) is 6.29 Å². The normalized spacial score (nSPS) is 19.3. The average molecular weight is 150 g/mol. The quantitative estimate of drug-likeness (QED) is 0.524. The standard InChI is InChI=1S/C4H8O.C3H4F2/c1-4(2)3-5;4-3(5)1-2-3/h3-4H,1-2H3;1-2H2. The highest BCUT2D eigenvalue weighted by Gasteiger charge is 2.43. The Balaban J connectivity index is 0.000000162. The Morgan fingerprint density at radius 3 is 1.60 bits per heavy atom. The van der Waals surface area contributed by atoms with Gasteiger partial charge in [0, 0.05) is 18.8 Å². The molecule has 0 saturated heterocycles. The highest BCUT2D eigenvalue weighted by Crippen LogP contribution is 2.40. The predicted molar refractivity (Wildman–Crippen MR) is 35.1 cm³/mol. The van der Waals surface area contributed by atoms with Crippen molar-refractivity contribution < 1.29 is 13.6 Å². The summed E-state index contributed by atoms with van der Waals surface area (Å²) in [4.78, 5) is 9.50. The Labute approximate surface area is 59.4 Å². The first-order chi connectivity index (χ1) is 4.48. The van der Waals surface area contributed by atoms with Gasteiger partial charge >= 0.3 is 0 Å². The molecule has 0 aromatic carbocycles. The summed E-state index contributed by atoms with van der Waals surface area (Å²) in [5.41, 5.74) is 0. The van der Waals surface area contributed by atoms with Gasteiger partial charge in [-0.2, -0.15) is 0 Å². The van der Waals surface area contributed by atoms with E-state index in [-0.39, 0.29) is 18.8 Å². The van der Waals surface area contributed by atoms with Crippen LogP contribution in [0.25, 0.3) is 0 Å². The Kier molecular flexibility index (Phi) is 3.47. The molecule has 1 aliphatic rings. The summed E-state index contributed by atoms with van der Waals surface area (Å²) in [6.07, 6.45) is 1.15. The van der Waals surface area contributed by atoms with Gasteiger partial charge in [-0.05, 0) is 0 Å². The Morgan fingerprint density at radius 2 is 1.60 bits per heavy atom.